The van der Waals surface area contributed by atoms with Crippen LogP contribution in [-0.4, -0.2) is 4.98 Å². The number of nitrogens with two attached hydrogens (primary N) is 1. The Hall–Kier alpha value is -2.69. The van der Waals surface area contributed by atoms with Crippen LogP contribution in [0.5, 0.6) is 0 Å². The predicted molar refractivity (Wildman–Crippen MR) is 75.8 cm³/mol. The molecule has 100 valence electrons. The van der Waals surface area contributed by atoms with E-state index in [1.165, 1.54) is 18.2 Å². The highest BCUT2D eigenvalue weighted by molar-refractivity contribution is 6.01. The molecular formula is C15H11F2N3. The van der Waals surface area contributed by atoms with Crippen molar-refractivity contribution in [1.82, 2.24) is 4.98 Å². The lowest BCUT2D eigenvalue weighted by atomic mass is 10.1. The molecule has 0 bridgehead atoms. The molecule has 20 heavy (non-hydrogen) atoms. The summed E-state index contributed by atoms with van der Waals surface area (Å²) in [5, 5.41) is 4.25. The van der Waals surface area contributed by atoms with E-state index in [0.717, 1.165) is 5.39 Å². The van der Waals surface area contributed by atoms with Gasteiger partial charge in [-0.1, -0.05) is 6.07 Å². The van der Waals surface area contributed by atoms with Gasteiger partial charge in [0.2, 0.25) is 0 Å². The number of rotatable bonds is 2. The molecule has 0 fully saturated rings. The molecule has 0 amide bonds. The molecule has 3 rings (SSSR count). The summed E-state index contributed by atoms with van der Waals surface area (Å²) in [6.45, 7) is 0. The number of para-hydroxylation sites is 1. The fourth-order valence-electron chi connectivity index (χ4n) is 2.07. The standard InChI is InChI=1S/C15H11F2N3/c16-11-2-1-3-12(17)15(11)20-14-5-4-13(18)9-6-7-19-8-10(9)14/h1-8,20H,18H2. The van der Waals surface area contributed by atoms with Crippen molar-refractivity contribution in [1.29, 1.82) is 0 Å². The summed E-state index contributed by atoms with van der Waals surface area (Å²) < 4.78 is 27.3. The summed E-state index contributed by atoms with van der Waals surface area (Å²) >= 11 is 0. The summed E-state index contributed by atoms with van der Waals surface area (Å²) in [4.78, 5) is 4.02. The second kappa shape index (κ2) is 4.77. The average molecular weight is 271 g/mol. The highest BCUT2D eigenvalue weighted by Gasteiger charge is 2.11. The van der Waals surface area contributed by atoms with Crippen molar-refractivity contribution >= 4 is 27.8 Å². The van der Waals surface area contributed by atoms with Crippen LogP contribution in [0.1, 0.15) is 0 Å². The number of fused-ring (bicyclic) bond motifs is 1. The molecule has 2 aromatic carbocycles. The lowest BCUT2D eigenvalue weighted by Gasteiger charge is -2.12. The van der Waals surface area contributed by atoms with E-state index in [4.69, 9.17) is 5.73 Å². The van der Waals surface area contributed by atoms with Crippen molar-refractivity contribution < 1.29 is 8.78 Å². The molecule has 0 aliphatic rings. The van der Waals surface area contributed by atoms with Gasteiger partial charge in [0.25, 0.3) is 0 Å². The number of hydrogen-bond donors (Lipinski definition) is 2. The van der Waals surface area contributed by atoms with Crippen molar-refractivity contribution in [3.63, 3.8) is 0 Å². The third-order valence-electron chi connectivity index (χ3n) is 3.07. The van der Waals surface area contributed by atoms with E-state index in [-0.39, 0.29) is 5.69 Å². The van der Waals surface area contributed by atoms with Crippen LogP contribution in [0.25, 0.3) is 10.8 Å². The normalized spacial score (nSPS) is 10.7. The minimum absolute atomic E-state index is 0.192. The minimum atomic E-state index is -0.654. The van der Waals surface area contributed by atoms with E-state index < -0.39 is 11.6 Å². The maximum absolute atomic E-state index is 13.7. The first-order valence-corrected chi connectivity index (χ1v) is 6.00. The fourth-order valence-corrected chi connectivity index (χ4v) is 2.07. The van der Waals surface area contributed by atoms with Gasteiger partial charge in [-0.2, -0.15) is 0 Å². The number of halogens is 2. The Labute approximate surface area is 114 Å². The molecule has 0 saturated heterocycles. The van der Waals surface area contributed by atoms with Gasteiger partial charge in [-0.3, -0.25) is 4.98 Å². The molecule has 3 N–H and O–H groups in total. The maximum Gasteiger partial charge on any atom is 0.149 e. The average Bonchev–Trinajstić information content (AvgIpc) is 2.46. The van der Waals surface area contributed by atoms with Crippen LogP contribution in [0.3, 0.4) is 0 Å². The molecule has 0 saturated carbocycles. The molecule has 3 aromatic rings. The minimum Gasteiger partial charge on any atom is -0.398 e. The van der Waals surface area contributed by atoms with Gasteiger partial charge in [-0.15, -0.1) is 0 Å². The Balaban J connectivity index is 2.14. The van der Waals surface area contributed by atoms with Gasteiger partial charge in [-0.25, -0.2) is 8.78 Å². The molecular weight excluding hydrogens is 260 g/mol. The SMILES string of the molecule is Nc1ccc(Nc2c(F)cccc2F)c2cnccc12. The molecule has 0 radical (unpaired) electrons. The van der Waals surface area contributed by atoms with Crippen LogP contribution < -0.4 is 11.1 Å². The van der Waals surface area contributed by atoms with Crippen molar-refractivity contribution in [2.45, 2.75) is 0 Å². The Morgan fingerprint density at radius 2 is 1.70 bits per heavy atom. The summed E-state index contributed by atoms with van der Waals surface area (Å²) in [6, 6.07) is 8.83. The largest absolute Gasteiger partial charge is 0.398 e. The highest BCUT2D eigenvalue weighted by atomic mass is 19.1. The zero-order valence-electron chi connectivity index (χ0n) is 10.4. The Bertz CT molecular complexity index is 767. The molecule has 0 aliphatic heterocycles. The molecule has 5 heteroatoms. The number of aromatic nitrogens is 1. The first-order chi connectivity index (χ1) is 9.66. The monoisotopic (exact) mass is 271 g/mol. The lowest BCUT2D eigenvalue weighted by Crippen LogP contribution is -1.99. The summed E-state index contributed by atoms with van der Waals surface area (Å²) in [7, 11) is 0. The quantitative estimate of drug-likeness (QED) is 0.696. The van der Waals surface area contributed by atoms with E-state index in [2.05, 4.69) is 10.3 Å². The number of anilines is 3. The van der Waals surface area contributed by atoms with Crippen LogP contribution in [0.4, 0.5) is 25.8 Å². The van der Waals surface area contributed by atoms with Gasteiger partial charge >= 0.3 is 0 Å². The number of nitrogens with zero attached hydrogens (tertiary/aromatic N) is 1. The topological polar surface area (TPSA) is 50.9 Å². The van der Waals surface area contributed by atoms with Gasteiger partial charge in [0, 0.05) is 34.5 Å². The predicted octanol–water partition coefficient (Wildman–Crippen LogP) is 3.84. The van der Waals surface area contributed by atoms with Crippen molar-refractivity contribution in [3.8, 4) is 0 Å². The second-order valence-corrected chi connectivity index (χ2v) is 4.35. The van der Waals surface area contributed by atoms with E-state index in [1.54, 1.807) is 30.6 Å². The summed E-state index contributed by atoms with van der Waals surface area (Å²) in [5.74, 6) is -1.31. The first kappa shape index (κ1) is 12.3. The van der Waals surface area contributed by atoms with Gasteiger partial charge in [0.15, 0.2) is 0 Å². The third kappa shape index (κ3) is 2.03. The number of nitrogens with one attached hydrogen (secondary N) is 1. The lowest BCUT2D eigenvalue weighted by molar-refractivity contribution is 0.591. The smallest absolute Gasteiger partial charge is 0.149 e. The Morgan fingerprint density at radius 1 is 0.950 bits per heavy atom. The van der Waals surface area contributed by atoms with Crippen LogP contribution >= 0.6 is 0 Å². The molecule has 0 aliphatic carbocycles. The van der Waals surface area contributed by atoms with Gasteiger partial charge in [-0.05, 0) is 30.3 Å². The van der Waals surface area contributed by atoms with Crippen LogP contribution in [-0.2, 0) is 0 Å². The molecule has 3 nitrogen and oxygen atoms in total. The van der Waals surface area contributed by atoms with Gasteiger partial charge in [0.05, 0.1) is 0 Å². The van der Waals surface area contributed by atoms with Crippen molar-refractivity contribution in [2.75, 3.05) is 11.1 Å². The van der Waals surface area contributed by atoms with E-state index in [0.29, 0.717) is 16.8 Å². The Kier molecular flexibility index (Phi) is 2.95. The number of hydrogen-bond acceptors (Lipinski definition) is 3. The van der Waals surface area contributed by atoms with Gasteiger partial charge < -0.3 is 11.1 Å². The van der Waals surface area contributed by atoms with Crippen LogP contribution in [0.2, 0.25) is 0 Å². The highest BCUT2D eigenvalue weighted by Crippen LogP contribution is 2.31. The maximum atomic E-state index is 13.7. The fraction of sp³-hybridized carbons (Fsp3) is 0. The molecule has 1 aromatic heterocycles. The molecule has 0 spiro atoms. The first-order valence-electron chi connectivity index (χ1n) is 6.00. The Morgan fingerprint density at radius 3 is 2.45 bits per heavy atom. The van der Waals surface area contributed by atoms with Gasteiger partial charge in [0.1, 0.15) is 17.3 Å². The second-order valence-electron chi connectivity index (χ2n) is 4.35. The zero-order chi connectivity index (χ0) is 14.1. The van der Waals surface area contributed by atoms with Crippen molar-refractivity contribution in [3.05, 3.63) is 60.4 Å². The van der Waals surface area contributed by atoms with Crippen LogP contribution in [0, 0.1) is 11.6 Å². The molecule has 0 unspecified atom stereocenters. The summed E-state index contributed by atoms with van der Waals surface area (Å²) in [6.07, 6.45) is 3.22. The number of pyridine rings is 1. The molecule has 0 atom stereocenters. The van der Waals surface area contributed by atoms with E-state index >= 15 is 0 Å². The van der Waals surface area contributed by atoms with E-state index in [1.807, 2.05) is 0 Å². The number of benzene rings is 2. The van der Waals surface area contributed by atoms with Crippen molar-refractivity contribution in [2.24, 2.45) is 0 Å². The zero-order valence-corrected chi connectivity index (χ0v) is 10.4. The molecule has 1 heterocycles. The van der Waals surface area contributed by atoms with E-state index in [9.17, 15) is 8.78 Å². The summed E-state index contributed by atoms with van der Waals surface area (Å²) in [5.41, 5.74) is 6.82. The third-order valence-corrected chi connectivity index (χ3v) is 3.07. The number of nitrogen functional groups attached to an aromatic ring is 1. The van der Waals surface area contributed by atoms with Crippen LogP contribution in [0.15, 0.2) is 48.8 Å².